The van der Waals surface area contributed by atoms with Crippen LogP contribution >= 0.6 is 11.6 Å². The molecule has 1 N–H and O–H groups in total. The van der Waals surface area contributed by atoms with Crippen LogP contribution in [0.15, 0.2) is 77.2 Å². The van der Waals surface area contributed by atoms with Crippen molar-refractivity contribution in [1.29, 1.82) is 0 Å². The van der Waals surface area contributed by atoms with E-state index in [-0.39, 0.29) is 11.7 Å². The van der Waals surface area contributed by atoms with Crippen LogP contribution in [0.3, 0.4) is 0 Å². The summed E-state index contributed by atoms with van der Waals surface area (Å²) in [5.74, 6) is 0.562. The van der Waals surface area contributed by atoms with Crippen molar-refractivity contribution in [3.63, 3.8) is 0 Å². The fourth-order valence-electron chi connectivity index (χ4n) is 3.38. The van der Waals surface area contributed by atoms with Crippen LogP contribution in [0.4, 0.5) is 5.69 Å². The van der Waals surface area contributed by atoms with E-state index in [0.717, 1.165) is 11.3 Å². The second-order valence-corrected chi connectivity index (χ2v) is 8.02. The minimum atomic E-state index is -0.329. The molecule has 32 heavy (non-hydrogen) atoms. The van der Waals surface area contributed by atoms with Gasteiger partial charge in [0.2, 0.25) is 0 Å². The van der Waals surface area contributed by atoms with Gasteiger partial charge < -0.3 is 9.73 Å². The summed E-state index contributed by atoms with van der Waals surface area (Å²) in [6.07, 6.45) is 0. The van der Waals surface area contributed by atoms with Crippen molar-refractivity contribution in [3.8, 4) is 17.0 Å². The lowest BCUT2D eigenvalue weighted by atomic mass is 10.1. The molecule has 0 saturated carbocycles. The number of hydrogen-bond donors (Lipinski definition) is 1. The summed E-state index contributed by atoms with van der Waals surface area (Å²) >= 11 is 5.95. The zero-order chi connectivity index (χ0) is 22.2. The zero-order valence-electron chi connectivity index (χ0n) is 17.5. The van der Waals surface area contributed by atoms with Crippen molar-refractivity contribution in [1.82, 2.24) is 15.0 Å². The molecule has 158 valence electrons. The first kappa shape index (κ1) is 20.0. The molecule has 1 amide bonds. The molecule has 7 heteroatoms. The normalized spacial score (nSPS) is 11.1. The quantitative estimate of drug-likeness (QED) is 0.359. The Hall–Kier alpha value is -3.90. The van der Waals surface area contributed by atoms with Gasteiger partial charge in [-0.05, 0) is 85.6 Å². The van der Waals surface area contributed by atoms with Crippen molar-refractivity contribution in [2.24, 2.45) is 0 Å². The van der Waals surface area contributed by atoms with Gasteiger partial charge in [-0.3, -0.25) is 4.79 Å². The topological polar surface area (TPSA) is 73.0 Å². The van der Waals surface area contributed by atoms with Crippen LogP contribution in [-0.2, 0) is 0 Å². The number of amides is 1. The number of anilines is 1. The molecule has 0 saturated heterocycles. The molecule has 0 spiro atoms. The lowest BCUT2D eigenvalue weighted by Crippen LogP contribution is -2.10. The van der Waals surface area contributed by atoms with Gasteiger partial charge in [-0.15, -0.1) is 10.2 Å². The Bertz CT molecular complexity index is 1450. The van der Waals surface area contributed by atoms with E-state index in [1.165, 1.54) is 15.9 Å². The molecule has 6 nitrogen and oxygen atoms in total. The van der Waals surface area contributed by atoms with E-state index in [0.29, 0.717) is 27.5 Å². The SMILES string of the molecule is Cc1ccc(-c2ccc(C(=O)Nc3ccc4nn(-c5ccc(Cl)cc5)nc4c3)o2)cc1C. The monoisotopic (exact) mass is 442 g/mol. The molecule has 0 radical (unpaired) electrons. The molecule has 0 aliphatic rings. The van der Waals surface area contributed by atoms with Crippen molar-refractivity contribution < 1.29 is 9.21 Å². The third kappa shape index (κ3) is 3.88. The molecule has 0 atom stereocenters. The highest BCUT2D eigenvalue weighted by Gasteiger charge is 2.14. The first-order chi connectivity index (χ1) is 15.5. The average Bonchev–Trinajstić information content (AvgIpc) is 3.43. The van der Waals surface area contributed by atoms with Gasteiger partial charge in [-0.1, -0.05) is 23.7 Å². The molecule has 0 fully saturated rings. The second kappa shape index (κ2) is 7.98. The van der Waals surface area contributed by atoms with Crippen LogP contribution in [0, 0.1) is 13.8 Å². The molecule has 5 rings (SSSR count). The number of halogens is 1. The number of rotatable bonds is 4. The van der Waals surface area contributed by atoms with Gasteiger partial charge in [0.05, 0.1) is 5.69 Å². The molecule has 5 aromatic rings. The van der Waals surface area contributed by atoms with Gasteiger partial charge in [-0.25, -0.2) is 0 Å². The van der Waals surface area contributed by atoms with Crippen molar-refractivity contribution in [3.05, 3.63) is 94.7 Å². The lowest BCUT2D eigenvalue weighted by Gasteiger charge is -2.04. The van der Waals surface area contributed by atoms with Gasteiger partial charge in [0.15, 0.2) is 5.76 Å². The molecular weight excluding hydrogens is 424 g/mol. The number of nitrogens with zero attached hydrogens (tertiary/aromatic N) is 3. The summed E-state index contributed by atoms with van der Waals surface area (Å²) in [5, 5.41) is 12.5. The number of fused-ring (bicyclic) bond motifs is 1. The Labute approximate surface area is 189 Å². The number of carbonyl (C=O) groups excluding carboxylic acids is 1. The Morgan fingerprint density at radius 2 is 1.66 bits per heavy atom. The zero-order valence-corrected chi connectivity index (χ0v) is 18.2. The number of hydrogen-bond acceptors (Lipinski definition) is 4. The molecule has 0 bridgehead atoms. The molecule has 0 aliphatic heterocycles. The number of aromatic nitrogens is 3. The van der Waals surface area contributed by atoms with Crippen LogP contribution in [0.5, 0.6) is 0 Å². The average molecular weight is 443 g/mol. The molecule has 2 heterocycles. The third-order valence-corrected chi connectivity index (χ3v) is 5.57. The fraction of sp³-hybridized carbons (Fsp3) is 0.0800. The predicted octanol–water partition coefficient (Wildman–Crippen LogP) is 6.20. The first-order valence-corrected chi connectivity index (χ1v) is 10.5. The maximum Gasteiger partial charge on any atom is 0.291 e. The lowest BCUT2D eigenvalue weighted by molar-refractivity contribution is 0.0997. The maximum absolute atomic E-state index is 12.7. The van der Waals surface area contributed by atoms with Gasteiger partial charge >= 0.3 is 0 Å². The Morgan fingerprint density at radius 3 is 2.44 bits per heavy atom. The van der Waals surface area contributed by atoms with E-state index in [2.05, 4.69) is 29.4 Å². The minimum absolute atomic E-state index is 0.239. The third-order valence-electron chi connectivity index (χ3n) is 5.32. The van der Waals surface area contributed by atoms with E-state index in [1.807, 2.05) is 36.4 Å². The summed E-state index contributed by atoms with van der Waals surface area (Å²) in [6, 6.07) is 22.2. The molecule has 3 aromatic carbocycles. The number of aryl methyl sites for hydroxylation is 2. The molecule has 0 aliphatic carbocycles. The number of carbonyl (C=O) groups is 1. The van der Waals surface area contributed by atoms with Gasteiger partial charge in [0, 0.05) is 16.3 Å². The van der Waals surface area contributed by atoms with E-state index in [9.17, 15) is 4.79 Å². The molecule has 2 aromatic heterocycles. The summed E-state index contributed by atoms with van der Waals surface area (Å²) in [6.45, 7) is 4.11. The van der Waals surface area contributed by atoms with E-state index in [1.54, 1.807) is 36.4 Å². The van der Waals surface area contributed by atoms with Gasteiger partial charge in [0.1, 0.15) is 16.8 Å². The highest BCUT2D eigenvalue weighted by atomic mass is 35.5. The molecule has 0 unspecified atom stereocenters. The molecular formula is C25H19ClN4O2. The second-order valence-electron chi connectivity index (χ2n) is 7.59. The van der Waals surface area contributed by atoms with Crippen LogP contribution in [0.1, 0.15) is 21.7 Å². The van der Waals surface area contributed by atoms with Crippen LogP contribution in [0.2, 0.25) is 5.02 Å². The Morgan fingerprint density at radius 1 is 0.875 bits per heavy atom. The van der Waals surface area contributed by atoms with Crippen molar-refractivity contribution in [2.45, 2.75) is 13.8 Å². The van der Waals surface area contributed by atoms with Crippen molar-refractivity contribution >= 4 is 34.2 Å². The van der Waals surface area contributed by atoms with Crippen LogP contribution in [0.25, 0.3) is 28.0 Å². The number of nitrogens with one attached hydrogen (secondary N) is 1. The van der Waals surface area contributed by atoms with Crippen LogP contribution in [-0.4, -0.2) is 20.9 Å². The Kier molecular flexibility index (Phi) is 4.99. The van der Waals surface area contributed by atoms with Gasteiger partial charge in [-0.2, -0.15) is 4.80 Å². The van der Waals surface area contributed by atoms with E-state index >= 15 is 0 Å². The minimum Gasteiger partial charge on any atom is -0.451 e. The summed E-state index contributed by atoms with van der Waals surface area (Å²) < 4.78 is 5.80. The highest BCUT2D eigenvalue weighted by Crippen LogP contribution is 2.25. The summed E-state index contributed by atoms with van der Waals surface area (Å²) in [4.78, 5) is 14.3. The van der Waals surface area contributed by atoms with E-state index in [4.69, 9.17) is 16.0 Å². The van der Waals surface area contributed by atoms with E-state index < -0.39 is 0 Å². The Balaban J connectivity index is 1.36. The van der Waals surface area contributed by atoms with Gasteiger partial charge in [0.25, 0.3) is 5.91 Å². The number of benzene rings is 3. The largest absolute Gasteiger partial charge is 0.451 e. The van der Waals surface area contributed by atoms with Crippen LogP contribution < -0.4 is 5.32 Å². The number of furan rings is 1. The highest BCUT2D eigenvalue weighted by molar-refractivity contribution is 6.30. The smallest absolute Gasteiger partial charge is 0.291 e. The summed E-state index contributed by atoms with van der Waals surface area (Å²) in [7, 11) is 0. The first-order valence-electron chi connectivity index (χ1n) is 10.1. The predicted molar refractivity (Wildman–Crippen MR) is 125 cm³/mol. The summed E-state index contributed by atoms with van der Waals surface area (Å²) in [5.41, 5.74) is 6.10. The van der Waals surface area contributed by atoms with Crippen molar-refractivity contribution in [2.75, 3.05) is 5.32 Å². The standard InChI is InChI=1S/C25H19ClN4O2/c1-15-3-4-17(13-16(15)2)23-11-12-24(32-23)25(31)27-19-7-10-21-22(14-19)29-30(28-21)20-8-5-18(26)6-9-20/h3-14H,1-2H3,(H,27,31). The fourth-order valence-corrected chi connectivity index (χ4v) is 3.51. The maximum atomic E-state index is 12.7.